The first kappa shape index (κ1) is 12.6. The maximum absolute atomic E-state index is 12.0. The zero-order valence-electron chi connectivity index (χ0n) is 9.95. The van der Waals surface area contributed by atoms with Gasteiger partial charge in [0.25, 0.3) is 11.6 Å². The van der Waals surface area contributed by atoms with Gasteiger partial charge in [-0.2, -0.15) is 5.21 Å². The highest BCUT2D eigenvalue weighted by Gasteiger charge is 2.22. The number of H-pyrrole nitrogens is 1. The molecule has 2 aromatic rings. The van der Waals surface area contributed by atoms with Crippen molar-refractivity contribution in [2.75, 3.05) is 0 Å². The third kappa shape index (κ3) is 2.70. The number of benzene rings is 1. The van der Waals surface area contributed by atoms with Gasteiger partial charge in [0.1, 0.15) is 5.56 Å². The maximum atomic E-state index is 12.0. The summed E-state index contributed by atoms with van der Waals surface area (Å²) in [5.41, 5.74) is 0.335. The molecule has 0 aliphatic carbocycles. The molecular weight excluding hydrogens is 252 g/mol. The Morgan fingerprint density at radius 2 is 2.32 bits per heavy atom. The van der Waals surface area contributed by atoms with Crippen molar-refractivity contribution < 1.29 is 9.72 Å². The lowest BCUT2D eigenvalue weighted by Gasteiger charge is -2.06. The third-order valence-electron chi connectivity index (χ3n) is 2.47. The predicted octanol–water partition coefficient (Wildman–Crippen LogP) is 0.346. The largest absolute Gasteiger partial charge is 0.344 e. The van der Waals surface area contributed by atoms with E-state index in [1.165, 1.54) is 12.1 Å². The van der Waals surface area contributed by atoms with Crippen LogP contribution in [0.3, 0.4) is 0 Å². The van der Waals surface area contributed by atoms with Crippen molar-refractivity contribution in [1.82, 2.24) is 25.9 Å². The second kappa shape index (κ2) is 5.21. The minimum absolute atomic E-state index is 0.0380. The van der Waals surface area contributed by atoms with Gasteiger partial charge in [0, 0.05) is 6.07 Å². The summed E-state index contributed by atoms with van der Waals surface area (Å²) < 4.78 is 0. The lowest BCUT2D eigenvalue weighted by atomic mass is 10.1. The number of aryl methyl sites for hydroxylation is 1. The fraction of sp³-hybridized carbons (Fsp3) is 0.200. The second-order valence-electron chi connectivity index (χ2n) is 3.74. The topological polar surface area (TPSA) is 127 Å². The fourth-order valence-corrected chi connectivity index (χ4v) is 1.60. The highest BCUT2D eigenvalue weighted by Crippen LogP contribution is 2.21. The van der Waals surface area contributed by atoms with Crippen LogP contribution in [0, 0.1) is 17.0 Å². The Labute approximate surface area is 107 Å². The molecule has 2 rings (SSSR count). The molecule has 0 radical (unpaired) electrons. The quantitative estimate of drug-likeness (QED) is 0.604. The minimum atomic E-state index is -0.587. The average Bonchev–Trinajstić information content (AvgIpc) is 2.88. The molecule has 98 valence electrons. The molecule has 0 spiro atoms. The Kier molecular flexibility index (Phi) is 3.46. The summed E-state index contributed by atoms with van der Waals surface area (Å²) in [6.07, 6.45) is 0. The molecule has 0 unspecified atom stereocenters. The van der Waals surface area contributed by atoms with E-state index in [1.54, 1.807) is 13.0 Å². The van der Waals surface area contributed by atoms with Crippen molar-refractivity contribution in [1.29, 1.82) is 0 Å². The molecule has 1 heterocycles. The number of amides is 1. The number of carbonyl (C=O) groups excluding carboxylic acids is 1. The van der Waals surface area contributed by atoms with Gasteiger partial charge in [0.05, 0.1) is 11.5 Å². The first-order valence-electron chi connectivity index (χ1n) is 5.34. The van der Waals surface area contributed by atoms with Crippen molar-refractivity contribution in [3.8, 4) is 0 Å². The smallest absolute Gasteiger partial charge is 0.282 e. The Morgan fingerprint density at radius 3 is 2.95 bits per heavy atom. The molecule has 0 aliphatic heterocycles. The number of nitro groups is 1. The van der Waals surface area contributed by atoms with Crippen molar-refractivity contribution in [3.05, 3.63) is 45.3 Å². The lowest BCUT2D eigenvalue weighted by molar-refractivity contribution is -0.385. The van der Waals surface area contributed by atoms with Crippen LogP contribution in [0.15, 0.2) is 18.2 Å². The van der Waals surface area contributed by atoms with Crippen LogP contribution >= 0.6 is 0 Å². The van der Waals surface area contributed by atoms with Crippen LogP contribution in [0.4, 0.5) is 5.69 Å². The summed E-state index contributed by atoms with van der Waals surface area (Å²) in [6.45, 7) is 1.68. The van der Waals surface area contributed by atoms with Crippen molar-refractivity contribution in [2.45, 2.75) is 13.5 Å². The molecule has 0 atom stereocenters. The molecule has 0 fully saturated rings. The van der Waals surface area contributed by atoms with Crippen LogP contribution in [-0.2, 0) is 6.54 Å². The van der Waals surface area contributed by atoms with Gasteiger partial charge >= 0.3 is 0 Å². The fourth-order valence-electron chi connectivity index (χ4n) is 1.60. The Bertz CT molecular complexity index is 610. The van der Waals surface area contributed by atoms with Crippen molar-refractivity contribution in [2.24, 2.45) is 0 Å². The molecule has 0 saturated carbocycles. The van der Waals surface area contributed by atoms with Gasteiger partial charge in [-0.05, 0) is 12.5 Å². The molecule has 1 aromatic carbocycles. The van der Waals surface area contributed by atoms with E-state index in [1.807, 2.05) is 0 Å². The Morgan fingerprint density at radius 1 is 1.53 bits per heavy atom. The molecule has 0 bridgehead atoms. The van der Waals surface area contributed by atoms with Gasteiger partial charge in [-0.15, -0.1) is 10.2 Å². The number of nitro benzene ring substituents is 1. The van der Waals surface area contributed by atoms with E-state index in [4.69, 9.17) is 0 Å². The zero-order chi connectivity index (χ0) is 13.8. The standard InChI is InChI=1S/C10H10N6O3/c1-6-3-2-4-7(16(18)19)9(6)10(17)11-5-8-12-14-15-13-8/h2-4H,5H2,1H3,(H,11,17)(H,12,13,14,15). The Hall–Kier alpha value is -2.84. The zero-order valence-corrected chi connectivity index (χ0v) is 9.95. The normalized spacial score (nSPS) is 10.2. The minimum Gasteiger partial charge on any atom is -0.344 e. The van der Waals surface area contributed by atoms with Crippen LogP contribution in [0.2, 0.25) is 0 Å². The molecular formula is C10H10N6O3. The van der Waals surface area contributed by atoms with E-state index in [9.17, 15) is 14.9 Å². The van der Waals surface area contributed by atoms with E-state index in [0.717, 1.165) is 0 Å². The second-order valence-corrected chi connectivity index (χ2v) is 3.74. The summed E-state index contributed by atoms with van der Waals surface area (Å²) in [7, 11) is 0. The van der Waals surface area contributed by atoms with E-state index < -0.39 is 10.8 Å². The van der Waals surface area contributed by atoms with Crippen LogP contribution < -0.4 is 5.32 Å². The SMILES string of the molecule is Cc1cccc([N+](=O)[O-])c1C(=O)NCc1nn[nH]n1. The number of tetrazole rings is 1. The highest BCUT2D eigenvalue weighted by atomic mass is 16.6. The predicted molar refractivity (Wildman–Crippen MR) is 63.2 cm³/mol. The number of aromatic nitrogens is 4. The van der Waals surface area contributed by atoms with Gasteiger partial charge < -0.3 is 5.32 Å². The van der Waals surface area contributed by atoms with E-state index in [-0.39, 0.29) is 17.8 Å². The van der Waals surface area contributed by atoms with E-state index in [0.29, 0.717) is 11.4 Å². The number of hydrogen-bond donors (Lipinski definition) is 2. The summed E-state index contributed by atoms with van der Waals surface area (Å²) in [5, 5.41) is 26.3. The van der Waals surface area contributed by atoms with Gasteiger partial charge in [-0.1, -0.05) is 17.3 Å². The summed E-state index contributed by atoms with van der Waals surface area (Å²) >= 11 is 0. The van der Waals surface area contributed by atoms with E-state index in [2.05, 4.69) is 25.9 Å². The molecule has 2 N–H and O–H groups in total. The Balaban J connectivity index is 2.21. The first-order chi connectivity index (χ1) is 9.09. The molecule has 1 aromatic heterocycles. The van der Waals surface area contributed by atoms with Crippen LogP contribution in [0.25, 0.3) is 0 Å². The number of rotatable bonds is 4. The monoisotopic (exact) mass is 262 g/mol. The number of nitrogens with one attached hydrogen (secondary N) is 2. The van der Waals surface area contributed by atoms with Crippen LogP contribution in [-0.4, -0.2) is 31.5 Å². The van der Waals surface area contributed by atoms with Gasteiger partial charge in [0.2, 0.25) is 0 Å². The molecule has 19 heavy (non-hydrogen) atoms. The van der Waals surface area contributed by atoms with Crippen molar-refractivity contribution >= 4 is 11.6 Å². The molecule has 0 aliphatic rings. The summed E-state index contributed by atoms with van der Waals surface area (Å²) in [5.74, 6) is -0.251. The van der Waals surface area contributed by atoms with Gasteiger partial charge in [-0.3, -0.25) is 14.9 Å². The van der Waals surface area contributed by atoms with Gasteiger partial charge in [0.15, 0.2) is 5.82 Å². The first-order valence-corrected chi connectivity index (χ1v) is 5.34. The highest BCUT2D eigenvalue weighted by molar-refractivity contribution is 5.99. The average molecular weight is 262 g/mol. The van der Waals surface area contributed by atoms with Gasteiger partial charge in [-0.25, -0.2) is 0 Å². The number of hydrogen-bond acceptors (Lipinski definition) is 6. The van der Waals surface area contributed by atoms with E-state index >= 15 is 0 Å². The molecule has 1 amide bonds. The number of carbonyl (C=O) groups is 1. The summed E-state index contributed by atoms with van der Waals surface area (Å²) in [6, 6.07) is 4.45. The molecule has 9 nitrogen and oxygen atoms in total. The number of aromatic amines is 1. The van der Waals surface area contributed by atoms with Crippen LogP contribution in [0.5, 0.6) is 0 Å². The van der Waals surface area contributed by atoms with Crippen LogP contribution in [0.1, 0.15) is 21.7 Å². The third-order valence-corrected chi connectivity index (χ3v) is 2.47. The summed E-state index contributed by atoms with van der Waals surface area (Å²) in [4.78, 5) is 22.3. The van der Waals surface area contributed by atoms with Crippen molar-refractivity contribution in [3.63, 3.8) is 0 Å². The molecule has 0 saturated heterocycles. The lowest BCUT2D eigenvalue weighted by Crippen LogP contribution is -2.25. The maximum Gasteiger partial charge on any atom is 0.282 e. The number of nitrogens with zero attached hydrogens (tertiary/aromatic N) is 4. The molecule has 9 heteroatoms.